The maximum absolute atomic E-state index is 12.7. The molecule has 7 nitrogen and oxygen atoms in total. The maximum atomic E-state index is 12.7. The van der Waals surface area contributed by atoms with Gasteiger partial charge in [0, 0.05) is 12.2 Å². The van der Waals surface area contributed by atoms with Crippen molar-refractivity contribution in [1.29, 1.82) is 0 Å². The molecule has 1 amide bonds. The Kier molecular flexibility index (Phi) is 5.59. The van der Waals surface area contributed by atoms with Crippen LogP contribution in [0.15, 0.2) is 47.4 Å². The topological polar surface area (TPSA) is 84.9 Å². The van der Waals surface area contributed by atoms with Crippen molar-refractivity contribution in [2.24, 2.45) is 0 Å². The molecule has 1 aliphatic heterocycles. The number of halogens is 1. The lowest BCUT2D eigenvalue weighted by atomic mass is 10.2. The second-order valence-corrected chi connectivity index (χ2v) is 8.07. The fourth-order valence-corrected chi connectivity index (χ4v) is 4.45. The molecule has 3 rings (SSSR count). The summed E-state index contributed by atoms with van der Waals surface area (Å²) in [6.45, 7) is 0.418. The average Bonchev–Trinajstić information content (AvgIpc) is 3.01. The summed E-state index contributed by atoms with van der Waals surface area (Å²) in [7, 11) is -0.893. The van der Waals surface area contributed by atoms with Crippen LogP contribution in [-0.2, 0) is 14.8 Å². The third-order valence-corrected chi connectivity index (χ3v) is 6.09. The molecule has 0 unspecified atom stereocenters. The second kappa shape index (κ2) is 7.75. The highest BCUT2D eigenvalue weighted by atomic mass is 35.5. The van der Waals surface area contributed by atoms with Gasteiger partial charge in [-0.15, -0.1) is 0 Å². The lowest BCUT2D eigenvalue weighted by molar-refractivity contribution is -0.118. The number of benzene rings is 2. The third-order valence-electron chi connectivity index (χ3n) is 4.32. The Hall–Kier alpha value is -2.29. The number of carbonyl (C=O) groups excluding carboxylic acids is 1. The molecule has 0 radical (unpaired) electrons. The Morgan fingerprint density at radius 3 is 2.41 bits per heavy atom. The first kappa shape index (κ1) is 19.5. The minimum Gasteiger partial charge on any atom is -0.497 e. The van der Waals surface area contributed by atoms with E-state index in [2.05, 4.69) is 4.72 Å². The van der Waals surface area contributed by atoms with Crippen molar-refractivity contribution < 1.29 is 22.7 Å². The first-order valence-electron chi connectivity index (χ1n) is 8.17. The van der Waals surface area contributed by atoms with E-state index in [1.54, 1.807) is 36.3 Å². The van der Waals surface area contributed by atoms with Crippen molar-refractivity contribution in [2.45, 2.75) is 17.4 Å². The number of methoxy groups -OCH3 is 2. The molecule has 144 valence electrons. The normalized spacial score (nSPS) is 17.2. The summed E-state index contributed by atoms with van der Waals surface area (Å²) < 4.78 is 37.8. The van der Waals surface area contributed by atoms with Crippen LogP contribution in [0.25, 0.3) is 0 Å². The highest BCUT2D eigenvalue weighted by Crippen LogP contribution is 2.28. The standard InChI is InChI=1S/C18H19ClN2O5S/c1-25-13-5-3-12(4-6-13)21-10-9-16(18(21)22)20-27(23,24)14-7-8-17(26-2)15(19)11-14/h3-8,11,16,20H,9-10H2,1-2H3/t16-/m1/s1. The molecule has 2 aromatic rings. The van der Waals surface area contributed by atoms with E-state index in [4.69, 9.17) is 21.1 Å². The largest absolute Gasteiger partial charge is 0.497 e. The molecule has 27 heavy (non-hydrogen) atoms. The second-order valence-electron chi connectivity index (χ2n) is 5.95. The zero-order chi connectivity index (χ0) is 19.6. The van der Waals surface area contributed by atoms with Crippen molar-refractivity contribution in [2.75, 3.05) is 25.7 Å². The molecule has 0 saturated carbocycles. The van der Waals surface area contributed by atoms with Gasteiger partial charge in [-0.1, -0.05) is 11.6 Å². The first-order chi connectivity index (χ1) is 12.9. The molecule has 0 bridgehead atoms. The predicted octanol–water partition coefficient (Wildman–Crippen LogP) is 2.44. The molecule has 0 spiro atoms. The van der Waals surface area contributed by atoms with Crippen LogP contribution in [0.5, 0.6) is 11.5 Å². The van der Waals surface area contributed by atoms with Crippen LogP contribution in [-0.4, -0.2) is 41.1 Å². The summed E-state index contributed by atoms with van der Waals surface area (Å²) in [6, 6.07) is 10.3. The SMILES string of the molecule is COc1ccc(N2CC[C@@H](NS(=O)(=O)c3ccc(OC)c(Cl)c3)C2=O)cc1. The molecule has 1 heterocycles. The number of sulfonamides is 1. The summed E-state index contributed by atoms with van der Waals surface area (Å²) in [5.41, 5.74) is 0.690. The molecular weight excluding hydrogens is 392 g/mol. The van der Waals surface area contributed by atoms with E-state index in [1.807, 2.05) is 0 Å². The van der Waals surface area contributed by atoms with Crippen molar-refractivity contribution in [3.8, 4) is 11.5 Å². The Bertz CT molecular complexity index is 947. The van der Waals surface area contributed by atoms with Gasteiger partial charge in [0.15, 0.2) is 0 Å². The van der Waals surface area contributed by atoms with Crippen LogP contribution in [0.3, 0.4) is 0 Å². The number of nitrogens with zero attached hydrogens (tertiary/aromatic N) is 1. The van der Waals surface area contributed by atoms with E-state index < -0.39 is 16.1 Å². The maximum Gasteiger partial charge on any atom is 0.245 e. The number of carbonyl (C=O) groups is 1. The van der Waals surface area contributed by atoms with Gasteiger partial charge >= 0.3 is 0 Å². The van der Waals surface area contributed by atoms with Gasteiger partial charge in [0.1, 0.15) is 17.5 Å². The van der Waals surface area contributed by atoms with Gasteiger partial charge in [-0.25, -0.2) is 8.42 Å². The quantitative estimate of drug-likeness (QED) is 0.790. The molecule has 2 aromatic carbocycles. The number of hydrogen-bond acceptors (Lipinski definition) is 5. The Labute approximate surface area is 162 Å². The number of nitrogens with one attached hydrogen (secondary N) is 1. The summed E-state index contributed by atoms with van der Waals surface area (Å²) in [4.78, 5) is 14.2. The molecule has 1 N–H and O–H groups in total. The zero-order valence-electron chi connectivity index (χ0n) is 14.8. The van der Waals surface area contributed by atoms with Crippen LogP contribution in [0, 0.1) is 0 Å². The number of amides is 1. The van der Waals surface area contributed by atoms with Crippen molar-refractivity contribution in [3.63, 3.8) is 0 Å². The fourth-order valence-electron chi connectivity index (χ4n) is 2.88. The summed E-state index contributed by atoms with van der Waals surface area (Å²) >= 11 is 6.01. The minimum absolute atomic E-state index is 0.0241. The van der Waals surface area contributed by atoms with E-state index in [1.165, 1.54) is 25.3 Å². The van der Waals surface area contributed by atoms with E-state index in [-0.39, 0.29) is 15.8 Å². The van der Waals surface area contributed by atoms with Gasteiger partial charge in [0.25, 0.3) is 0 Å². The molecule has 1 aliphatic rings. The molecule has 1 atom stereocenters. The van der Waals surface area contributed by atoms with Crippen LogP contribution in [0.2, 0.25) is 5.02 Å². The van der Waals surface area contributed by atoms with Crippen LogP contribution < -0.4 is 19.1 Å². The molecule has 1 fully saturated rings. The lowest BCUT2D eigenvalue weighted by Gasteiger charge is -2.18. The molecule has 1 saturated heterocycles. The molecule has 9 heteroatoms. The van der Waals surface area contributed by atoms with Crippen molar-refractivity contribution in [1.82, 2.24) is 4.72 Å². The summed E-state index contributed by atoms with van der Waals surface area (Å²) in [6.07, 6.45) is 0.369. The van der Waals surface area contributed by atoms with Gasteiger partial charge in [0.2, 0.25) is 15.9 Å². The van der Waals surface area contributed by atoms with Crippen LogP contribution in [0.1, 0.15) is 6.42 Å². The lowest BCUT2D eigenvalue weighted by Crippen LogP contribution is -2.41. The van der Waals surface area contributed by atoms with Gasteiger partial charge in [-0.2, -0.15) is 4.72 Å². The van der Waals surface area contributed by atoms with Crippen molar-refractivity contribution in [3.05, 3.63) is 47.5 Å². The number of hydrogen-bond donors (Lipinski definition) is 1. The van der Waals surface area contributed by atoms with Gasteiger partial charge in [-0.3, -0.25) is 4.79 Å². The average molecular weight is 411 g/mol. The summed E-state index contributed by atoms with van der Waals surface area (Å²) in [5.74, 6) is 0.751. The molecular formula is C18H19ClN2O5S. The third kappa shape index (κ3) is 4.02. The highest BCUT2D eigenvalue weighted by Gasteiger charge is 2.35. The Morgan fingerprint density at radius 1 is 1.11 bits per heavy atom. The van der Waals surface area contributed by atoms with Gasteiger partial charge in [-0.05, 0) is 48.9 Å². The van der Waals surface area contributed by atoms with E-state index in [0.717, 1.165) is 0 Å². The van der Waals surface area contributed by atoms with Crippen LogP contribution in [0.4, 0.5) is 5.69 Å². The number of ether oxygens (including phenoxy) is 2. The number of anilines is 1. The Balaban J connectivity index is 1.75. The molecule has 0 aromatic heterocycles. The van der Waals surface area contributed by atoms with E-state index in [0.29, 0.717) is 30.2 Å². The smallest absolute Gasteiger partial charge is 0.245 e. The summed E-state index contributed by atoms with van der Waals surface area (Å²) in [5, 5.41) is 0.179. The van der Waals surface area contributed by atoms with Crippen LogP contribution >= 0.6 is 11.6 Å². The monoisotopic (exact) mass is 410 g/mol. The van der Waals surface area contributed by atoms with E-state index >= 15 is 0 Å². The minimum atomic E-state index is -3.90. The van der Waals surface area contributed by atoms with E-state index in [9.17, 15) is 13.2 Å². The number of rotatable bonds is 6. The zero-order valence-corrected chi connectivity index (χ0v) is 16.4. The van der Waals surface area contributed by atoms with Gasteiger partial charge < -0.3 is 14.4 Å². The predicted molar refractivity (Wildman–Crippen MR) is 102 cm³/mol. The first-order valence-corrected chi connectivity index (χ1v) is 10.0. The fraction of sp³-hybridized carbons (Fsp3) is 0.278. The molecule has 0 aliphatic carbocycles. The Morgan fingerprint density at radius 2 is 1.81 bits per heavy atom. The highest BCUT2D eigenvalue weighted by molar-refractivity contribution is 7.89. The van der Waals surface area contributed by atoms with Gasteiger partial charge in [0.05, 0.1) is 24.1 Å². The van der Waals surface area contributed by atoms with Crippen molar-refractivity contribution >= 4 is 33.2 Å².